The Morgan fingerprint density at radius 1 is 1.53 bits per heavy atom. The van der Waals surface area contributed by atoms with Crippen LogP contribution in [-0.4, -0.2) is 24.3 Å². The number of halogens is 1. The first-order valence-electron chi connectivity index (χ1n) is 4.96. The van der Waals surface area contributed by atoms with Crippen molar-refractivity contribution in [2.75, 3.05) is 13.6 Å². The summed E-state index contributed by atoms with van der Waals surface area (Å²) < 4.78 is 0. The lowest BCUT2D eigenvalue weighted by Crippen LogP contribution is -2.15. The maximum atomic E-state index is 6.15. The van der Waals surface area contributed by atoms with E-state index in [0.717, 1.165) is 22.7 Å². The van der Waals surface area contributed by atoms with Crippen molar-refractivity contribution in [1.29, 1.82) is 0 Å². The fourth-order valence-electron chi connectivity index (χ4n) is 1.87. The Hall–Kier alpha value is -1.06. The number of hydrogen-bond acceptors (Lipinski definition) is 3. The smallest absolute Gasteiger partial charge is 0.0784 e. The van der Waals surface area contributed by atoms with Gasteiger partial charge in [-0.25, -0.2) is 0 Å². The molecule has 1 aromatic carbocycles. The standard InChI is InChI=1S/C11H14ClN3/c1-15-11(6-8(7-13)14-15)9-4-2-3-5-10(9)12/h2-5,11H,6-7,13H2,1H3. The van der Waals surface area contributed by atoms with Gasteiger partial charge < -0.3 is 5.73 Å². The van der Waals surface area contributed by atoms with E-state index < -0.39 is 0 Å². The Labute approximate surface area is 94.5 Å². The number of nitrogens with zero attached hydrogens (tertiary/aromatic N) is 2. The summed E-state index contributed by atoms with van der Waals surface area (Å²) in [6.45, 7) is 0.519. The molecule has 1 atom stereocenters. The van der Waals surface area contributed by atoms with Crippen molar-refractivity contribution in [2.45, 2.75) is 12.5 Å². The lowest BCUT2D eigenvalue weighted by Gasteiger charge is -2.20. The minimum absolute atomic E-state index is 0.234. The summed E-state index contributed by atoms with van der Waals surface area (Å²) in [4.78, 5) is 0. The van der Waals surface area contributed by atoms with E-state index in [1.807, 2.05) is 36.3 Å². The molecule has 1 aliphatic heterocycles. The highest BCUT2D eigenvalue weighted by atomic mass is 35.5. The van der Waals surface area contributed by atoms with Crippen LogP contribution in [0.1, 0.15) is 18.0 Å². The number of benzene rings is 1. The van der Waals surface area contributed by atoms with Crippen LogP contribution >= 0.6 is 11.6 Å². The van der Waals surface area contributed by atoms with Gasteiger partial charge in [-0.15, -0.1) is 0 Å². The Morgan fingerprint density at radius 3 is 2.87 bits per heavy atom. The van der Waals surface area contributed by atoms with E-state index in [1.165, 1.54) is 0 Å². The summed E-state index contributed by atoms with van der Waals surface area (Å²) in [5.41, 5.74) is 7.73. The first-order valence-corrected chi connectivity index (χ1v) is 5.34. The second-order valence-corrected chi connectivity index (χ2v) is 4.09. The Morgan fingerprint density at radius 2 is 2.27 bits per heavy atom. The fraction of sp³-hybridized carbons (Fsp3) is 0.364. The van der Waals surface area contributed by atoms with Crippen molar-refractivity contribution >= 4 is 17.3 Å². The van der Waals surface area contributed by atoms with Gasteiger partial charge in [0.2, 0.25) is 0 Å². The molecule has 1 aliphatic rings. The van der Waals surface area contributed by atoms with Crippen LogP contribution in [0, 0.1) is 0 Å². The molecule has 0 bridgehead atoms. The van der Waals surface area contributed by atoms with Crippen LogP contribution in [0.4, 0.5) is 0 Å². The van der Waals surface area contributed by atoms with Gasteiger partial charge in [-0.3, -0.25) is 5.01 Å². The minimum atomic E-state index is 0.234. The van der Waals surface area contributed by atoms with Crippen LogP contribution in [0.15, 0.2) is 29.4 Å². The van der Waals surface area contributed by atoms with Gasteiger partial charge in [0.1, 0.15) is 0 Å². The lowest BCUT2D eigenvalue weighted by atomic mass is 10.0. The van der Waals surface area contributed by atoms with E-state index in [4.69, 9.17) is 17.3 Å². The minimum Gasteiger partial charge on any atom is -0.325 e. The molecule has 0 saturated heterocycles. The van der Waals surface area contributed by atoms with Crippen LogP contribution < -0.4 is 5.73 Å². The fourth-order valence-corrected chi connectivity index (χ4v) is 2.13. The first kappa shape index (κ1) is 10.5. The maximum Gasteiger partial charge on any atom is 0.0784 e. The Bertz CT molecular complexity index is 389. The van der Waals surface area contributed by atoms with E-state index in [9.17, 15) is 0 Å². The van der Waals surface area contributed by atoms with Gasteiger partial charge in [0.15, 0.2) is 0 Å². The molecule has 15 heavy (non-hydrogen) atoms. The molecule has 80 valence electrons. The third-order valence-corrected chi connectivity index (χ3v) is 3.02. The predicted octanol–water partition coefficient (Wildman–Crippen LogP) is 2.03. The zero-order valence-corrected chi connectivity index (χ0v) is 9.41. The zero-order valence-electron chi connectivity index (χ0n) is 8.65. The summed E-state index contributed by atoms with van der Waals surface area (Å²) in [6.07, 6.45) is 0.872. The third-order valence-electron chi connectivity index (χ3n) is 2.68. The summed E-state index contributed by atoms with van der Waals surface area (Å²) in [7, 11) is 1.96. The number of rotatable bonds is 2. The quantitative estimate of drug-likeness (QED) is 0.834. The molecule has 1 unspecified atom stereocenters. The van der Waals surface area contributed by atoms with Crippen molar-refractivity contribution in [2.24, 2.45) is 10.8 Å². The predicted molar refractivity (Wildman–Crippen MR) is 63.1 cm³/mol. The molecule has 0 saturated carbocycles. The molecule has 2 N–H and O–H groups in total. The molecule has 1 aromatic rings. The molecule has 0 aliphatic carbocycles. The molecular formula is C11H14ClN3. The Balaban J connectivity index is 2.25. The second kappa shape index (κ2) is 4.21. The highest BCUT2D eigenvalue weighted by Crippen LogP contribution is 2.32. The zero-order chi connectivity index (χ0) is 10.8. The summed E-state index contributed by atoms with van der Waals surface area (Å²) >= 11 is 6.15. The monoisotopic (exact) mass is 223 g/mol. The summed E-state index contributed by atoms with van der Waals surface area (Å²) in [5.74, 6) is 0. The largest absolute Gasteiger partial charge is 0.325 e. The van der Waals surface area contributed by atoms with Gasteiger partial charge in [-0.05, 0) is 11.6 Å². The van der Waals surface area contributed by atoms with E-state index in [2.05, 4.69) is 5.10 Å². The average Bonchev–Trinajstić information content (AvgIpc) is 2.60. The molecule has 0 spiro atoms. The highest BCUT2D eigenvalue weighted by Gasteiger charge is 2.25. The van der Waals surface area contributed by atoms with E-state index >= 15 is 0 Å². The van der Waals surface area contributed by atoms with Gasteiger partial charge in [0.05, 0.1) is 11.8 Å². The van der Waals surface area contributed by atoms with Gasteiger partial charge in [-0.1, -0.05) is 29.8 Å². The van der Waals surface area contributed by atoms with Crippen LogP contribution in [0.5, 0.6) is 0 Å². The molecule has 0 aromatic heterocycles. The van der Waals surface area contributed by atoms with Crippen LogP contribution in [0.2, 0.25) is 5.02 Å². The topological polar surface area (TPSA) is 41.6 Å². The van der Waals surface area contributed by atoms with E-state index in [0.29, 0.717) is 6.54 Å². The molecule has 0 amide bonds. The van der Waals surface area contributed by atoms with Crippen molar-refractivity contribution < 1.29 is 0 Å². The molecule has 1 heterocycles. The second-order valence-electron chi connectivity index (χ2n) is 3.69. The average molecular weight is 224 g/mol. The molecule has 2 rings (SSSR count). The van der Waals surface area contributed by atoms with E-state index in [1.54, 1.807) is 0 Å². The highest BCUT2D eigenvalue weighted by molar-refractivity contribution is 6.31. The Kier molecular flexibility index (Phi) is 2.93. The molecule has 4 heteroatoms. The third kappa shape index (κ3) is 1.98. The van der Waals surface area contributed by atoms with E-state index in [-0.39, 0.29) is 6.04 Å². The van der Waals surface area contributed by atoms with Gasteiger partial charge >= 0.3 is 0 Å². The van der Waals surface area contributed by atoms with Gasteiger partial charge in [-0.2, -0.15) is 5.10 Å². The normalized spacial score (nSPS) is 20.6. The number of nitrogens with two attached hydrogens (primary N) is 1. The van der Waals surface area contributed by atoms with Crippen molar-refractivity contribution in [1.82, 2.24) is 5.01 Å². The van der Waals surface area contributed by atoms with Crippen molar-refractivity contribution in [3.8, 4) is 0 Å². The summed E-state index contributed by atoms with van der Waals surface area (Å²) in [6, 6.07) is 8.11. The van der Waals surface area contributed by atoms with Gasteiger partial charge in [0, 0.05) is 25.0 Å². The number of hydrazone groups is 1. The SMILES string of the molecule is CN1N=C(CN)CC1c1ccccc1Cl. The number of hydrogen-bond donors (Lipinski definition) is 1. The van der Waals surface area contributed by atoms with Crippen LogP contribution in [0.3, 0.4) is 0 Å². The van der Waals surface area contributed by atoms with Crippen LogP contribution in [-0.2, 0) is 0 Å². The maximum absolute atomic E-state index is 6.15. The van der Waals surface area contributed by atoms with Gasteiger partial charge in [0.25, 0.3) is 0 Å². The van der Waals surface area contributed by atoms with Crippen LogP contribution in [0.25, 0.3) is 0 Å². The first-order chi connectivity index (χ1) is 7.22. The lowest BCUT2D eigenvalue weighted by molar-refractivity contribution is 0.290. The van der Waals surface area contributed by atoms with Crippen molar-refractivity contribution in [3.05, 3.63) is 34.9 Å². The summed E-state index contributed by atoms with van der Waals surface area (Å²) in [5, 5.41) is 7.10. The molecule has 3 nitrogen and oxygen atoms in total. The molecule has 0 radical (unpaired) electrons. The van der Waals surface area contributed by atoms with Crippen molar-refractivity contribution in [3.63, 3.8) is 0 Å². The molecule has 0 fully saturated rings. The molecular weight excluding hydrogens is 210 g/mol.